The van der Waals surface area contributed by atoms with Gasteiger partial charge in [0.15, 0.2) is 5.89 Å². The molecule has 90 valence electrons. The van der Waals surface area contributed by atoms with Crippen LogP contribution in [-0.2, 0) is 4.74 Å². The SMILES string of the molecule is CCOC(=O)c1oc(C(C)C(C)C)nc1C. The Labute approximate surface area is 96.0 Å². The Hall–Kier alpha value is -1.32. The summed E-state index contributed by atoms with van der Waals surface area (Å²) in [6.45, 7) is 10.1. The highest BCUT2D eigenvalue weighted by Gasteiger charge is 2.22. The van der Waals surface area contributed by atoms with Gasteiger partial charge in [-0.3, -0.25) is 0 Å². The van der Waals surface area contributed by atoms with Crippen molar-refractivity contribution in [3.8, 4) is 0 Å². The minimum Gasteiger partial charge on any atom is -0.460 e. The number of carbonyl (C=O) groups is 1. The van der Waals surface area contributed by atoms with Gasteiger partial charge in [-0.25, -0.2) is 9.78 Å². The maximum absolute atomic E-state index is 11.5. The van der Waals surface area contributed by atoms with E-state index in [4.69, 9.17) is 9.15 Å². The number of aryl methyl sites for hydroxylation is 1. The Morgan fingerprint density at radius 3 is 2.56 bits per heavy atom. The van der Waals surface area contributed by atoms with Crippen LogP contribution >= 0.6 is 0 Å². The van der Waals surface area contributed by atoms with Crippen molar-refractivity contribution in [2.45, 2.75) is 40.5 Å². The van der Waals surface area contributed by atoms with Gasteiger partial charge in [-0.2, -0.15) is 0 Å². The zero-order chi connectivity index (χ0) is 12.3. The Balaban J connectivity index is 2.93. The lowest BCUT2D eigenvalue weighted by atomic mass is 9.98. The lowest BCUT2D eigenvalue weighted by Gasteiger charge is -2.10. The Kier molecular flexibility index (Phi) is 4.10. The van der Waals surface area contributed by atoms with E-state index >= 15 is 0 Å². The summed E-state index contributed by atoms with van der Waals surface area (Å²) in [7, 11) is 0. The molecule has 0 spiro atoms. The van der Waals surface area contributed by atoms with Crippen molar-refractivity contribution in [2.75, 3.05) is 6.61 Å². The van der Waals surface area contributed by atoms with E-state index in [-0.39, 0.29) is 11.7 Å². The molecule has 0 aromatic carbocycles. The van der Waals surface area contributed by atoms with Crippen LogP contribution in [0.3, 0.4) is 0 Å². The molecule has 0 aliphatic carbocycles. The summed E-state index contributed by atoms with van der Waals surface area (Å²) in [5, 5.41) is 0. The van der Waals surface area contributed by atoms with Crippen LogP contribution in [0.25, 0.3) is 0 Å². The van der Waals surface area contributed by atoms with E-state index in [9.17, 15) is 4.79 Å². The number of hydrogen-bond acceptors (Lipinski definition) is 4. The molecule has 4 heteroatoms. The van der Waals surface area contributed by atoms with Crippen molar-refractivity contribution in [1.29, 1.82) is 0 Å². The van der Waals surface area contributed by atoms with Crippen LogP contribution in [0.15, 0.2) is 4.42 Å². The topological polar surface area (TPSA) is 52.3 Å². The fraction of sp³-hybridized carbons (Fsp3) is 0.667. The second-order valence-corrected chi connectivity index (χ2v) is 4.22. The first-order chi connectivity index (χ1) is 7.47. The van der Waals surface area contributed by atoms with Crippen LogP contribution in [0.2, 0.25) is 0 Å². The number of rotatable bonds is 4. The molecule has 0 radical (unpaired) electrons. The lowest BCUT2D eigenvalue weighted by Crippen LogP contribution is -2.04. The van der Waals surface area contributed by atoms with Crippen LogP contribution in [0.4, 0.5) is 0 Å². The van der Waals surface area contributed by atoms with Gasteiger partial charge < -0.3 is 9.15 Å². The minimum atomic E-state index is -0.435. The predicted octanol–water partition coefficient (Wildman–Crippen LogP) is 2.92. The maximum atomic E-state index is 11.5. The molecule has 4 nitrogen and oxygen atoms in total. The van der Waals surface area contributed by atoms with Gasteiger partial charge >= 0.3 is 5.97 Å². The third-order valence-electron chi connectivity index (χ3n) is 2.66. The summed E-state index contributed by atoms with van der Waals surface area (Å²) in [4.78, 5) is 15.8. The molecule has 1 aromatic heterocycles. The average Bonchev–Trinajstić information content (AvgIpc) is 2.59. The zero-order valence-corrected chi connectivity index (χ0v) is 10.5. The van der Waals surface area contributed by atoms with Crippen LogP contribution < -0.4 is 0 Å². The fourth-order valence-electron chi connectivity index (χ4n) is 1.28. The normalized spacial score (nSPS) is 12.9. The summed E-state index contributed by atoms with van der Waals surface area (Å²) in [5.74, 6) is 1.02. The molecule has 1 aromatic rings. The number of aromatic nitrogens is 1. The van der Waals surface area contributed by atoms with E-state index in [1.807, 2.05) is 6.92 Å². The van der Waals surface area contributed by atoms with Crippen molar-refractivity contribution in [1.82, 2.24) is 4.98 Å². The number of esters is 1. The van der Waals surface area contributed by atoms with Crippen LogP contribution in [0.1, 0.15) is 55.8 Å². The van der Waals surface area contributed by atoms with Gasteiger partial charge in [0.25, 0.3) is 0 Å². The number of hydrogen-bond donors (Lipinski definition) is 0. The second-order valence-electron chi connectivity index (χ2n) is 4.22. The van der Waals surface area contributed by atoms with Gasteiger partial charge in [-0.1, -0.05) is 20.8 Å². The molecular weight excluding hydrogens is 206 g/mol. The highest BCUT2D eigenvalue weighted by Crippen LogP contribution is 2.25. The van der Waals surface area contributed by atoms with E-state index in [0.29, 0.717) is 24.1 Å². The molecule has 0 saturated carbocycles. The first kappa shape index (κ1) is 12.7. The summed E-state index contributed by atoms with van der Waals surface area (Å²) in [6.07, 6.45) is 0. The third-order valence-corrected chi connectivity index (χ3v) is 2.66. The summed E-state index contributed by atoms with van der Waals surface area (Å²) < 4.78 is 10.4. The summed E-state index contributed by atoms with van der Waals surface area (Å²) >= 11 is 0. The molecule has 1 heterocycles. The molecule has 1 rings (SSSR count). The molecule has 1 atom stereocenters. The van der Waals surface area contributed by atoms with Crippen molar-refractivity contribution in [3.63, 3.8) is 0 Å². The first-order valence-corrected chi connectivity index (χ1v) is 5.61. The first-order valence-electron chi connectivity index (χ1n) is 5.61. The summed E-state index contributed by atoms with van der Waals surface area (Å²) in [6, 6.07) is 0. The quantitative estimate of drug-likeness (QED) is 0.739. The monoisotopic (exact) mass is 225 g/mol. The summed E-state index contributed by atoms with van der Waals surface area (Å²) in [5.41, 5.74) is 0.598. The van der Waals surface area contributed by atoms with Gasteiger partial charge in [0, 0.05) is 5.92 Å². The van der Waals surface area contributed by atoms with E-state index in [0.717, 1.165) is 0 Å². The Morgan fingerprint density at radius 1 is 1.44 bits per heavy atom. The highest BCUT2D eigenvalue weighted by molar-refractivity contribution is 5.87. The van der Waals surface area contributed by atoms with Crippen molar-refractivity contribution >= 4 is 5.97 Å². The average molecular weight is 225 g/mol. The molecule has 0 amide bonds. The standard InChI is InChI=1S/C12H19NO3/c1-6-15-12(14)10-9(5)13-11(16-10)8(4)7(2)3/h7-8H,6H2,1-5H3. The minimum absolute atomic E-state index is 0.196. The van der Waals surface area contributed by atoms with Crippen molar-refractivity contribution in [2.24, 2.45) is 5.92 Å². The molecule has 16 heavy (non-hydrogen) atoms. The molecule has 0 saturated heterocycles. The van der Waals surface area contributed by atoms with Crippen LogP contribution in [0, 0.1) is 12.8 Å². The molecule has 0 aliphatic heterocycles. The van der Waals surface area contributed by atoms with Crippen LogP contribution in [0.5, 0.6) is 0 Å². The zero-order valence-electron chi connectivity index (χ0n) is 10.5. The largest absolute Gasteiger partial charge is 0.460 e. The van der Waals surface area contributed by atoms with E-state index in [1.165, 1.54) is 0 Å². The predicted molar refractivity (Wildman–Crippen MR) is 60.4 cm³/mol. The number of nitrogens with zero attached hydrogens (tertiary/aromatic N) is 1. The van der Waals surface area contributed by atoms with Gasteiger partial charge in [0.1, 0.15) is 0 Å². The van der Waals surface area contributed by atoms with Crippen molar-refractivity contribution in [3.05, 3.63) is 17.3 Å². The van der Waals surface area contributed by atoms with Crippen LogP contribution in [-0.4, -0.2) is 17.6 Å². The lowest BCUT2D eigenvalue weighted by molar-refractivity contribution is 0.0486. The molecular formula is C12H19NO3. The van der Waals surface area contributed by atoms with E-state index in [1.54, 1.807) is 13.8 Å². The number of ether oxygens (including phenoxy) is 1. The van der Waals surface area contributed by atoms with Crippen molar-refractivity contribution < 1.29 is 13.9 Å². The van der Waals surface area contributed by atoms with Gasteiger partial charge in [0.05, 0.1) is 12.3 Å². The van der Waals surface area contributed by atoms with E-state index < -0.39 is 5.97 Å². The molecule has 0 bridgehead atoms. The fourth-order valence-corrected chi connectivity index (χ4v) is 1.28. The highest BCUT2D eigenvalue weighted by atomic mass is 16.5. The van der Waals surface area contributed by atoms with Gasteiger partial charge in [0.2, 0.25) is 5.76 Å². The second kappa shape index (κ2) is 5.14. The Morgan fingerprint density at radius 2 is 2.06 bits per heavy atom. The molecule has 0 aliphatic rings. The van der Waals surface area contributed by atoms with Gasteiger partial charge in [-0.05, 0) is 19.8 Å². The molecule has 0 fully saturated rings. The number of oxazole rings is 1. The van der Waals surface area contributed by atoms with Gasteiger partial charge in [-0.15, -0.1) is 0 Å². The smallest absolute Gasteiger partial charge is 0.376 e. The molecule has 1 unspecified atom stereocenters. The number of carbonyl (C=O) groups excluding carboxylic acids is 1. The third kappa shape index (κ3) is 2.62. The molecule has 0 N–H and O–H groups in total. The maximum Gasteiger partial charge on any atom is 0.376 e. The Bertz CT molecular complexity index is 368. The van der Waals surface area contributed by atoms with E-state index in [2.05, 4.69) is 18.8 Å².